The van der Waals surface area contributed by atoms with Gasteiger partial charge in [-0.05, 0) is 23.6 Å². The summed E-state index contributed by atoms with van der Waals surface area (Å²) in [7, 11) is 1.65. The molecule has 0 aromatic heterocycles. The number of methoxy groups -OCH3 is 1. The molecule has 0 aliphatic heterocycles. The minimum Gasteiger partial charge on any atom is -0.496 e. The highest BCUT2D eigenvalue weighted by Crippen LogP contribution is 2.33. The lowest BCUT2D eigenvalue weighted by atomic mass is 9.86. The summed E-state index contributed by atoms with van der Waals surface area (Å²) in [6.45, 7) is 6.32. The van der Waals surface area contributed by atoms with Crippen LogP contribution in [0.4, 0.5) is 5.69 Å². The number of rotatable bonds is 3. The van der Waals surface area contributed by atoms with Gasteiger partial charge in [0.1, 0.15) is 5.75 Å². The minimum atomic E-state index is -0.113. The average Bonchev–Trinajstić information content (AvgIpc) is 2.27. The van der Waals surface area contributed by atoms with Crippen LogP contribution in [-0.4, -0.2) is 18.8 Å². The Morgan fingerprint density at radius 1 is 1.41 bits per heavy atom. The first-order valence-electron chi connectivity index (χ1n) is 5.47. The van der Waals surface area contributed by atoms with Crippen LogP contribution in [0.3, 0.4) is 0 Å². The number of hydrogen-bond acceptors (Lipinski definition) is 3. The van der Waals surface area contributed by atoms with Crippen LogP contribution in [0.2, 0.25) is 0 Å². The van der Waals surface area contributed by atoms with Crippen molar-refractivity contribution in [2.24, 2.45) is 0 Å². The molecule has 0 atom stereocenters. The van der Waals surface area contributed by atoms with Gasteiger partial charge in [-0.3, -0.25) is 4.79 Å². The zero-order valence-electron chi connectivity index (χ0n) is 10.7. The van der Waals surface area contributed by atoms with Crippen molar-refractivity contribution in [3.63, 3.8) is 0 Å². The lowest BCUT2D eigenvalue weighted by molar-refractivity contribution is -0.113. The predicted octanol–water partition coefficient (Wildman–Crippen LogP) is 2.86. The summed E-state index contributed by atoms with van der Waals surface area (Å²) in [6.07, 6.45) is 0. The van der Waals surface area contributed by atoms with Crippen molar-refractivity contribution in [3.05, 3.63) is 23.8 Å². The third kappa shape index (κ3) is 3.66. The second-order valence-corrected chi connectivity index (χ2v) is 5.19. The Kier molecular flexibility index (Phi) is 4.46. The lowest BCUT2D eigenvalue weighted by Crippen LogP contribution is -2.16. The molecule has 94 valence electrons. The van der Waals surface area contributed by atoms with Gasteiger partial charge in [-0.15, -0.1) is 0 Å². The van der Waals surface area contributed by atoms with E-state index in [1.54, 1.807) is 7.11 Å². The maximum absolute atomic E-state index is 11.3. The highest BCUT2D eigenvalue weighted by molar-refractivity contribution is 7.81. The molecule has 0 spiro atoms. The molecule has 4 heteroatoms. The van der Waals surface area contributed by atoms with Crippen molar-refractivity contribution in [3.8, 4) is 5.75 Å². The SMILES string of the molecule is COc1ccc(NC(=O)CS)cc1C(C)(C)C. The Balaban J connectivity index is 3.09. The predicted molar refractivity (Wildman–Crippen MR) is 74.2 cm³/mol. The summed E-state index contributed by atoms with van der Waals surface area (Å²) in [4.78, 5) is 11.3. The van der Waals surface area contributed by atoms with E-state index in [0.717, 1.165) is 17.0 Å². The number of anilines is 1. The van der Waals surface area contributed by atoms with Crippen LogP contribution in [0.1, 0.15) is 26.3 Å². The molecule has 1 aromatic rings. The Morgan fingerprint density at radius 2 is 2.06 bits per heavy atom. The van der Waals surface area contributed by atoms with Crippen molar-refractivity contribution < 1.29 is 9.53 Å². The normalized spacial score (nSPS) is 11.1. The topological polar surface area (TPSA) is 38.3 Å². The molecule has 0 bridgehead atoms. The third-order valence-corrected chi connectivity index (χ3v) is 2.72. The van der Waals surface area contributed by atoms with Gasteiger partial charge in [0.25, 0.3) is 0 Å². The second kappa shape index (κ2) is 5.45. The first-order valence-corrected chi connectivity index (χ1v) is 6.11. The van der Waals surface area contributed by atoms with Gasteiger partial charge in [0.05, 0.1) is 12.9 Å². The summed E-state index contributed by atoms with van der Waals surface area (Å²) in [5, 5.41) is 2.78. The van der Waals surface area contributed by atoms with Crippen LogP contribution in [0.15, 0.2) is 18.2 Å². The second-order valence-electron chi connectivity index (χ2n) is 4.87. The zero-order valence-corrected chi connectivity index (χ0v) is 11.6. The largest absolute Gasteiger partial charge is 0.496 e. The first kappa shape index (κ1) is 13.9. The smallest absolute Gasteiger partial charge is 0.234 e. The van der Waals surface area contributed by atoms with Crippen LogP contribution in [0.25, 0.3) is 0 Å². The molecule has 0 saturated carbocycles. The number of carbonyl (C=O) groups is 1. The molecule has 0 aliphatic carbocycles. The van der Waals surface area contributed by atoms with E-state index in [-0.39, 0.29) is 17.1 Å². The molecule has 3 nitrogen and oxygen atoms in total. The number of hydrogen-bond donors (Lipinski definition) is 2. The van der Waals surface area contributed by atoms with Crippen LogP contribution in [0, 0.1) is 0 Å². The van der Waals surface area contributed by atoms with Crippen molar-refractivity contribution in [1.82, 2.24) is 0 Å². The van der Waals surface area contributed by atoms with E-state index in [1.807, 2.05) is 18.2 Å². The van der Waals surface area contributed by atoms with Gasteiger partial charge in [-0.1, -0.05) is 20.8 Å². The summed E-state index contributed by atoms with van der Waals surface area (Å²) in [5.74, 6) is 0.899. The highest BCUT2D eigenvalue weighted by atomic mass is 32.1. The van der Waals surface area contributed by atoms with E-state index in [9.17, 15) is 4.79 Å². The standard InChI is InChI=1S/C13H19NO2S/c1-13(2,3)10-7-9(14-12(15)8-17)5-6-11(10)16-4/h5-7,17H,8H2,1-4H3,(H,14,15). The fourth-order valence-electron chi connectivity index (χ4n) is 1.57. The molecule has 0 saturated heterocycles. The Morgan fingerprint density at radius 3 is 2.53 bits per heavy atom. The van der Waals surface area contributed by atoms with E-state index in [1.165, 1.54) is 0 Å². The molecule has 1 N–H and O–H groups in total. The fraction of sp³-hybridized carbons (Fsp3) is 0.462. The Labute approximate surface area is 108 Å². The number of thiol groups is 1. The van der Waals surface area contributed by atoms with E-state index in [4.69, 9.17) is 4.74 Å². The molecule has 1 rings (SSSR count). The van der Waals surface area contributed by atoms with Crippen LogP contribution < -0.4 is 10.1 Å². The van der Waals surface area contributed by atoms with Crippen molar-refractivity contribution in [2.45, 2.75) is 26.2 Å². The van der Waals surface area contributed by atoms with Gasteiger partial charge in [0.2, 0.25) is 5.91 Å². The number of ether oxygens (including phenoxy) is 1. The highest BCUT2D eigenvalue weighted by Gasteiger charge is 2.19. The van der Waals surface area contributed by atoms with Crippen molar-refractivity contribution >= 4 is 24.2 Å². The number of amides is 1. The summed E-state index contributed by atoms with van der Waals surface area (Å²) in [5.41, 5.74) is 1.80. The minimum absolute atomic E-state index is 0.0347. The third-order valence-electron chi connectivity index (χ3n) is 2.43. The molecule has 0 radical (unpaired) electrons. The van der Waals surface area contributed by atoms with Crippen LogP contribution in [-0.2, 0) is 10.2 Å². The number of carbonyl (C=O) groups excluding carboxylic acids is 1. The Bertz CT molecular complexity index is 410. The maximum Gasteiger partial charge on any atom is 0.234 e. The van der Waals surface area contributed by atoms with E-state index in [2.05, 4.69) is 38.7 Å². The summed E-state index contributed by atoms with van der Waals surface area (Å²) < 4.78 is 5.33. The molecule has 17 heavy (non-hydrogen) atoms. The molecule has 0 unspecified atom stereocenters. The molecular formula is C13H19NO2S. The molecule has 1 aromatic carbocycles. The van der Waals surface area contributed by atoms with E-state index < -0.39 is 0 Å². The van der Waals surface area contributed by atoms with Gasteiger partial charge in [-0.25, -0.2) is 0 Å². The van der Waals surface area contributed by atoms with Crippen molar-refractivity contribution in [1.29, 1.82) is 0 Å². The molecule has 0 heterocycles. The molecule has 0 aliphatic rings. The average molecular weight is 253 g/mol. The van der Waals surface area contributed by atoms with Gasteiger partial charge < -0.3 is 10.1 Å². The first-order chi connectivity index (χ1) is 7.88. The molecule has 1 amide bonds. The van der Waals surface area contributed by atoms with Crippen molar-refractivity contribution in [2.75, 3.05) is 18.2 Å². The van der Waals surface area contributed by atoms with Gasteiger partial charge in [0, 0.05) is 11.3 Å². The lowest BCUT2D eigenvalue weighted by Gasteiger charge is -2.23. The van der Waals surface area contributed by atoms with Gasteiger partial charge in [-0.2, -0.15) is 12.6 Å². The quantitative estimate of drug-likeness (QED) is 0.813. The number of nitrogens with one attached hydrogen (secondary N) is 1. The molecular weight excluding hydrogens is 234 g/mol. The van der Waals surface area contributed by atoms with Crippen LogP contribution in [0.5, 0.6) is 5.75 Å². The van der Waals surface area contributed by atoms with E-state index in [0.29, 0.717) is 0 Å². The summed E-state index contributed by atoms with van der Waals surface area (Å²) in [6, 6.07) is 5.64. The Hall–Kier alpha value is -1.16. The number of benzene rings is 1. The monoisotopic (exact) mass is 253 g/mol. The summed E-state index contributed by atoms with van der Waals surface area (Å²) >= 11 is 3.93. The molecule has 0 fully saturated rings. The van der Waals surface area contributed by atoms with Crippen LogP contribution >= 0.6 is 12.6 Å². The van der Waals surface area contributed by atoms with Gasteiger partial charge in [0.15, 0.2) is 0 Å². The maximum atomic E-state index is 11.3. The zero-order chi connectivity index (χ0) is 13.1. The fourth-order valence-corrected chi connectivity index (χ4v) is 1.65. The van der Waals surface area contributed by atoms with Gasteiger partial charge >= 0.3 is 0 Å². The van der Waals surface area contributed by atoms with E-state index >= 15 is 0 Å².